The van der Waals surface area contributed by atoms with Crippen molar-refractivity contribution in [2.45, 2.75) is 0 Å². The SMILES string of the molecule is COC(=O)COc1c(OC)cc(C(=O)c2cc(-c3cccs3)c(OC)cc2OC)cc1OC. The molecule has 0 bridgehead atoms. The van der Waals surface area contributed by atoms with E-state index in [1.54, 1.807) is 19.2 Å². The van der Waals surface area contributed by atoms with Crippen LogP contribution in [0, 0.1) is 0 Å². The number of carbonyl (C=O) groups excluding carboxylic acids is 2. The van der Waals surface area contributed by atoms with Gasteiger partial charge in [-0.15, -0.1) is 11.3 Å². The first-order chi connectivity index (χ1) is 16.0. The van der Waals surface area contributed by atoms with Crippen LogP contribution in [0.15, 0.2) is 41.8 Å². The number of ketones is 1. The van der Waals surface area contributed by atoms with Crippen molar-refractivity contribution in [2.75, 3.05) is 42.2 Å². The van der Waals surface area contributed by atoms with Gasteiger partial charge in [-0.3, -0.25) is 4.79 Å². The predicted molar refractivity (Wildman–Crippen MR) is 123 cm³/mol. The van der Waals surface area contributed by atoms with Crippen LogP contribution in [0.1, 0.15) is 15.9 Å². The fraction of sp³-hybridized carbons (Fsp3) is 0.250. The second-order valence-corrected chi connectivity index (χ2v) is 7.58. The Balaban J connectivity index is 2.09. The largest absolute Gasteiger partial charge is 0.496 e. The molecule has 0 atom stereocenters. The summed E-state index contributed by atoms with van der Waals surface area (Å²) >= 11 is 1.53. The van der Waals surface area contributed by atoms with E-state index in [0.29, 0.717) is 17.1 Å². The Morgan fingerprint density at radius 3 is 1.97 bits per heavy atom. The molecule has 0 amide bonds. The van der Waals surface area contributed by atoms with Gasteiger partial charge in [0.1, 0.15) is 11.5 Å². The van der Waals surface area contributed by atoms with Gasteiger partial charge in [0.2, 0.25) is 5.75 Å². The second-order valence-electron chi connectivity index (χ2n) is 6.63. The van der Waals surface area contributed by atoms with Crippen molar-refractivity contribution in [3.8, 4) is 39.2 Å². The zero-order chi connectivity index (χ0) is 24.0. The minimum atomic E-state index is -0.566. The van der Waals surface area contributed by atoms with Crippen LogP contribution >= 0.6 is 11.3 Å². The molecule has 0 N–H and O–H groups in total. The molecule has 8 nitrogen and oxygen atoms in total. The van der Waals surface area contributed by atoms with E-state index >= 15 is 0 Å². The molecule has 3 aromatic rings. The van der Waals surface area contributed by atoms with E-state index in [2.05, 4.69) is 4.74 Å². The van der Waals surface area contributed by atoms with E-state index in [0.717, 1.165) is 10.4 Å². The van der Waals surface area contributed by atoms with Gasteiger partial charge in [0.05, 0.1) is 41.1 Å². The Bertz CT molecular complexity index is 1110. The van der Waals surface area contributed by atoms with Crippen molar-refractivity contribution in [3.05, 3.63) is 52.9 Å². The quantitative estimate of drug-likeness (QED) is 0.320. The number of thiophene rings is 1. The first kappa shape index (κ1) is 23.9. The number of esters is 1. The van der Waals surface area contributed by atoms with Crippen LogP contribution in [-0.4, -0.2) is 53.9 Å². The van der Waals surface area contributed by atoms with Crippen molar-refractivity contribution in [1.29, 1.82) is 0 Å². The molecule has 33 heavy (non-hydrogen) atoms. The molecule has 2 aromatic carbocycles. The summed E-state index contributed by atoms with van der Waals surface area (Å²) in [6, 6.07) is 10.3. The van der Waals surface area contributed by atoms with E-state index in [4.69, 9.17) is 23.7 Å². The van der Waals surface area contributed by atoms with Crippen LogP contribution in [0.2, 0.25) is 0 Å². The van der Waals surface area contributed by atoms with Gasteiger partial charge in [-0.1, -0.05) is 6.07 Å². The Kier molecular flexibility index (Phi) is 7.78. The number of ether oxygens (including phenoxy) is 6. The van der Waals surface area contributed by atoms with Crippen molar-refractivity contribution in [2.24, 2.45) is 0 Å². The molecular formula is C24H24O8S. The molecule has 0 aliphatic rings. The second kappa shape index (κ2) is 10.7. The number of methoxy groups -OCH3 is 5. The topological polar surface area (TPSA) is 89.5 Å². The Hall–Kier alpha value is -3.72. The summed E-state index contributed by atoms with van der Waals surface area (Å²) in [4.78, 5) is 26.0. The average molecular weight is 473 g/mol. The van der Waals surface area contributed by atoms with Crippen molar-refractivity contribution < 1.29 is 38.0 Å². The van der Waals surface area contributed by atoms with Crippen LogP contribution in [0.4, 0.5) is 0 Å². The number of hydrogen-bond acceptors (Lipinski definition) is 9. The molecule has 0 saturated heterocycles. The van der Waals surface area contributed by atoms with Gasteiger partial charge >= 0.3 is 5.97 Å². The Morgan fingerprint density at radius 1 is 0.818 bits per heavy atom. The number of benzene rings is 2. The monoisotopic (exact) mass is 472 g/mol. The van der Waals surface area contributed by atoms with Crippen LogP contribution < -0.4 is 23.7 Å². The maximum Gasteiger partial charge on any atom is 0.343 e. The average Bonchev–Trinajstić information content (AvgIpc) is 3.40. The lowest BCUT2D eigenvalue weighted by atomic mass is 9.98. The first-order valence-corrected chi connectivity index (χ1v) is 10.7. The maximum atomic E-state index is 13.6. The molecule has 0 fully saturated rings. The summed E-state index contributed by atoms with van der Waals surface area (Å²) in [7, 11) is 7.17. The number of hydrogen-bond donors (Lipinski definition) is 0. The number of rotatable bonds is 10. The van der Waals surface area contributed by atoms with Crippen LogP contribution in [-0.2, 0) is 9.53 Å². The van der Waals surface area contributed by atoms with Crippen molar-refractivity contribution >= 4 is 23.1 Å². The van der Waals surface area contributed by atoms with Gasteiger partial charge in [-0.05, 0) is 29.6 Å². The summed E-state index contributed by atoms with van der Waals surface area (Å²) < 4.78 is 31.9. The van der Waals surface area contributed by atoms with E-state index < -0.39 is 5.97 Å². The summed E-state index contributed by atoms with van der Waals surface area (Å²) in [5.74, 6) is 0.712. The van der Waals surface area contributed by atoms with Crippen molar-refractivity contribution in [3.63, 3.8) is 0 Å². The van der Waals surface area contributed by atoms with E-state index in [1.165, 1.54) is 51.9 Å². The number of carbonyl (C=O) groups is 2. The summed E-state index contributed by atoms with van der Waals surface area (Å²) in [5.41, 5.74) is 1.40. The van der Waals surface area contributed by atoms with Gasteiger partial charge in [0, 0.05) is 22.1 Å². The van der Waals surface area contributed by atoms with E-state index in [9.17, 15) is 9.59 Å². The highest BCUT2D eigenvalue weighted by Gasteiger charge is 2.24. The molecule has 0 aliphatic carbocycles. The Morgan fingerprint density at radius 2 is 1.45 bits per heavy atom. The highest BCUT2D eigenvalue weighted by atomic mass is 32.1. The van der Waals surface area contributed by atoms with Gasteiger partial charge < -0.3 is 28.4 Å². The summed E-state index contributed by atoms with van der Waals surface area (Å²) in [6.45, 7) is -0.340. The van der Waals surface area contributed by atoms with E-state index in [-0.39, 0.29) is 35.2 Å². The minimum Gasteiger partial charge on any atom is -0.496 e. The predicted octanol–water partition coefficient (Wildman–Crippen LogP) is 4.23. The van der Waals surface area contributed by atoms with Gasteiger partial charge in [-0.2, -0.15) is 0 Å². The normalized spacial score (nSPS) is 10.3. The smallest absolute Gasteiger partial charge is 0.343 e. The van der Waals surface area contributed by atoms with E-state index in [1.807, 2.05) is 17.5 Å². The molecule has 1 heterocycles. The molecule has 1 aromatic heterocycles. The van der Waals surface area contributed by atoms with Crippen LogP contribution in [0.5, 0.6) is 28.7 Å². The minimum absolute atomic E-state index is 0.183. The molecule has 0 spiro atoms. The molecule has 0 radical (unpaired) electrons. The highest BCUT2D eigenvalue weighted by molar-refractivity contribution is 7.13. The third-order valence-corrected chi connectivity index (χ3v) is 5.74. The summed E-state index contributed by atoms with van der Waals surface area (Å²) in [5, 5.41) is 1.95. The van der Waals surface area contributed by atoms with Gasteiger partial charge in [-0.25, -0.2) is 4.79 Å². The highest BCUT2D eigenvalue weighted by Crippen LogP contribution is 2.42. The van der Waals surface area contributed by atoms with Crippen LogP contribution in [0.3, 0.4) is 0 Å². The lowest BCUT2D eigenvalue weighted by Gasteiger charge is -2.17. The third kappa shape index (κ3) is 5.04. The molecule has 174 valence electrons. The van der Waals surface area contributed by atoms with Crippen LogP contribution in [0.25, 0.3) is 10.4 Å². The molecule has 0 unspecified atom stereocenters. The Labute approximate surface area is 195 Å². The fourth-order valence-electron chi connectivity index (χ4n) is 3.20. The lowest BCUT2D eigenvalue weighted by molar-refractivity contribution is -0.142. The summed E-state index contributed by atoms with van der Waals surface area (Å²) in [6.07, 6.45) is 0. The fourth-order valence-corrected chi connectivity index (χ4v) is 3.95. The molecule has 3 rings (SSSR count). The van der Waals surface area contributed by atoms with Crippen molar-refractivity contribution in [1.82, 2.24) is 0 Å². The zero-order valence-electron chi connectivity index (χ0n) is 18.9. The maximum absolute atomic E-state index is 13.6. The third-order valence-electron chi connectivity index (χ3n) is 4.84. The molecule has 0 aliphatic heterocycles. The lowest BCUT2D eigenvalue weighted by Crippen LogP contribution is -2.14. The van der Waals surface area contributed by atoms with Gasteiger partial charge in [0.25, 0.3) is 0 Å². The van der Waals surface area contributed by atoms with Gasteiger partial charge in [0.15, 0.2) is 23.9 Å². The zero-order valence-corrected chi connectivity index (χ0v) is 19.7. The standard InChI is InChI=1S/C24H24O8S/c1-27-17-12-18(28-2)16(11-15(17)21-7-6-8-33-21)23(26)14-9-19(29-3)24(20(10-14)30-4)32-13-22(25)31-5/h6-12H,13H2,1-5H3. The first-order valence-electron chi connectivity index (χ1n) is 9.77. The molecule has 0 saturated carbocycles. The molecule has 9 heteroatoms. The molecular weight excluding hydrogens is 448 g/mol.